The first-order valence-corrected chi connectivity index (χ1v) is 4.97. The van der Waals surface area contributed by atoms with Crippen LogP contribution in [0.5, 0.6) is 0 Å². The van der Waals surface area contributed by atoms with Crippen LogP contribution >= 0.6 is 0 Å². The zero-order valence-corrected chi connectivity index (χ0v) is 10.6. The minimum Gasteiger partial charge on any atom is -0.870 e. The Kier molecular flexibility index (Phi) is 31.5. The van der Waals surface area contributed by atoms with Gasteiger partial charge in [-0.2, -0.15) is 0 Å². The number of carbonyl (C=O) groups excluding carboxylic acids is 1. The van der Waals surface area contributed by atoms with Crippen LogP contribution in [-0.4, -0.2) is 34.3 Å². The summed E-state index contributed by atoms with van der Waals surface area (Å²) in [7, 11) is 0. The molecule has 0 aromatic carbocycles. The summed E-state index contributed by atoms with van der Waals surface area (Å²) in [6.07, 6.45) is 8.34. The molecule has 15 heavy (non-hydrogen) atoms. The van der Waals surface area contributed by atoms with Crippen LogP contribution < -0.4 is 5.11 Å². The molecule has 0 unspecified atom stereocenters. The molecule has 0 rings (SSSR count). The maximum absolute atomic E-state index is 10.0. The van der Waals surface area contributed by atoms with Gasteiger partial charge in [-0.25, -0.2) is 0 Å². The van der Waals surface area contributed by atoms with Crippen molar-refractivity contribution in [2.45, 2.75) is 58.3 Å². The average Bonchev–Trinajstić information content (AvgIpc) is 2.02. The van der Waals surface area contributed by atoms with E-state index in [1.165, 1.54) is 32.1 Å². The molecular formula is C10H21AlO4. The summed E-state index contributed by atoms with van der Waals surface area (Å²) in [5.41, 5.74) is 0. The number of carboxylic acids is 1. The van der Waals surface area contributed by atoms with Crippen LogP contribution in [0, 0.1) is 0 Å². The van der Waals surface area contributed by atoms with Crippen molar-refractivity contribution in [1.82, 2.24) is 0 Å². The maximum Gasteiger partial charge on any atom is 3.00 e. The molecule has 0 spiro atoms. The summed E-state index contributed by atoms with van der Waals surface area (Å²) in [5, 5.41) is 10.0. The first-order chi connectivity index (χ1) is 5.77. The number of carboxylic acid groups (broad SMARTS) is 1. The van der Waals surface area contributed by atoms with E-state index in [1.54, 1.807) is 0 Å². The van der Waals surface area contributed by atoms with Gasteiger partial charge in [-0.1, -0.05) is 45.4 Å². The minimum absolute atomic E-state index is 0. The van der Waals surface area contributed by atoms with Crippen molar-refractivity contribution in [3.8, 4) is 0 Å². The molecular weight excluding hydrogens is 211 g/mol. The van der Waals surface area contributed by atoms with E-state index in [2.05, 4.69) is 6.92 Å². The van der Waals surface area contributed by atoms with E-state index in [-0.39, 0.29) is 34.7 Å². The largest absolute Gasteiger partial charge is 3.00 e. The minimum atomic E-state index is -0.913. The topological polar surface area (TPSA) is 100 Å². The summed E-state index contributed by atoms with van der Waals surface area (Å²) in [6, 6.07) is 0. The van der Waals surface area contributed by atoms with Gasteiger partial charge >= 0.3 is 17.4 Å². The summed E-state index contributed by atoms with van der Waals surface area (Å²) < 4.78 is 0. The van der Waals surface area contributed by atoms with Crippen LogP contribution in [0.15, 0.2) is 0 Å². The Morgan fingerprint density at radius 3 is 1.73 bits per heavy atom. The van der Waals surface area contributed by atoms with Crippen molar-refractivity contribution in [3.63, 3.8) is 0 Å². The number of aliphatic carboxylic acids is 1. The fraction of sp³-hybridized carbons (Fsp3) is 0.900. The monoisotopic (exact) mass is 232 g/mol. The van der Waals surface area contributed by atoms with E-state index in [4.69, 9.17) is 0 Å². The Hall–Kier alpha value is -0.0775. The second kappa shape index (κ2) is 19.5. The quantitative estimate of drug-likeness (QED) is 0.462. The molecule has 0 amide bonds. The van der Waals surface area contributed by atoms with Crippen LogP contribution in [0.1, 0.15) is 58.3 Å². The molecule has 0 aliphatic heterocycles. The van der Waals surface area contributed by atoms with E-state index >= 15 is 0 Å². The van der Waals surface area contributed by atoms with Gasteiger partial charge in [0.05, 0.1) is 0 Å². The SMILES string of the molecule is CCCCCCCCCC(=O)[O-].[Al+3].[OH-].[OH-]. The van der Waals surface area contributed by atoms with E-state index in [9.17, 15) is 9.90 Å². The van der Waals surface area contributed by atoms with Gasteiger partial charge in [0.2, 0.25) is 0 Å². The van der Waals surface area contributed by atoms with Crippen molar-refractivity contribution in [2.75, 3.05) is 0 Å². The molecule has 2 N–H and O–H groups in total. The fourth-order valence-corrected chi connectivity index (χ4v) is 1.23. The van der Waals surface area contributed by atoms with Gasteiger partial charge in [0.15, 0.2) is 0 Å². The van der Waals surface area contributed by atoms with Crippen molar-refractivity contribution in [2.24, 2.45) is 0 Å². The number of unbranched alkanes of at least 4 members (excludes halogenated alkanes) is 6. The van der Waals surface area contributed by atoms with Crippen molar-refractivity contribution in [3.05, 3.63) is 0 Å². The molecule has 5 heteroatoms. The van der Waals surface area contributed by atoms with Gasteiger partial charge in [0.1, 0.15) is 0 Å². The number of hydrogen-bond acceptors (Lipinski definition) is 4. The average molecular weight is 232 g/mol. The second-order valence-corrected chi connectivity index (χ2v) is 3.24. The van der Waals surface area contributed by atoms with E-state index in [0.717, 1.165) is 12.8 Å². The summed E-state index contributed by atoms with van der Waals surface area (Å²) in [6.45, 7) is 2.19. The summed E-state index contributed by atoms with van der Waals surface area (Å²) in [5.74, 6) is -0.913. The van der Waals surface area contributed by atoms with E-state index in [0.29, 0.717) is 0 Å². The van der Waals surface area contributed by atoms with E-state index in [1.807, 2.05) is 0 Å². The van der Waals surface area contributed by atoms with Crippen LogP contribution in [0.3, 0.4) is 0 Å². The predicted molar refractivity (Wildman–Crippen MR) is 57.2 cm³/mol. The summed E-state index contributed by atoms with van der Waals surface area (Å²) in [4.78, 5) is 10.0. The Balaban J connectivity index is -0.000000202. The first-order valence-electron chi connectivity index (χ1n) is 4.97. The second-order valence-electron chi connectivity index (χ2n) is 3.24. The van der Waals surface area contributed by atoms with Crippen LogP contribution in [0.25, 0.3) is 0 Å². The zero-order valence-electron chi connectivity index (χ0n) is 9.45. The molecule has 0 aliphatic carbocycles. The molecule has 4 nitrogen and oxygen atoms in total. The molecule has 0 aliphatic rings. The Bertz CT molecular complexity index is 120. The Morgan fingerprint density at radius 1 is 0.933 bits per heavy atom. The third-order valence-electron chi connectivity index (χ3n) is 1.98. The standard InChI is InChI=1S/C10H20O2.Al.2H2O/c1-2-3-4-5-6-7-8-9-10(11)12;;;/h2-9H2,1H3,(H,11,12);;2*1H2/q;+3;;/p-3. The van der Waals surface area contributed by atoms with Crippen LogP contribution in [0.4, 0.5) is 0 Å². The number of carbonyl (C=O) groups is 1. The zero-order chi connectivity index (χ0) is 9.23. The number of hydrogen-bond donors (Lipinski definition) is 0. The van der Waals surface area contributed by atoms with Crippen LogP contribution in [0.2, 0.25) is 0 Å². The molecule has 0 aromatic rings. The van der Waals surface area contributed by atoms with Gasteiger partial charge in [0, 0.05) is 5.97 Å². The maximum atomic E-state index is 10.0. The molecule has 0 heterocycles. The first kappa shape index (κ1) is 24.2. The van der Waals surface area contributed by atoms with Gasteiger partial charge < -0.3 is 20.9 Å². The summed E-state index contributed by atoms with van der Waals surface area (Å²) >= 11 is 0. The van der Waals surface area contributed by atoms with E-state index < -0.39 is 5.97 Å². The molecule has 0 saturated heterocycles. The molecule has 0 saturated carbocycles. The third-order valence-corrected chi connectivity index (χ3v) is 1.98. The molecule has 0 fully saturated rings. The molecule has 0 atom stereocenters. The van der Waals surface area contributed by atoms with Crippen LogP contribution in [-0.2, 0) is 4.79 Å². The third kappa shape index (κ3) is 24.9. The molecule has 0 aromatic heterocycles. The molecule has 88 valence electrons. The predicted octanol–water partition coefficient (Wildman–Crippen LogP) is 1.14. The molecule has 0 radical (unpaired) electrons. The normalized spacial score (nSPS) is 8.07. The number of rotatable bonds is 8. The van der Waals surface area contributed by atoms with Gasteiger partial charge in [0.25, 0.3) is 0 Å². The Labute approximate surface area is 103 Å². The van der Waals surface area contributed by atoms with Gasteiger partial charge in [-0.15, -0.1) is 0 Å². The van der Waals surface area contributed by atoms with Crippen molar-refractivity contribution in [1.29, 1.82) is 0 Å². The van der Waals surface area contributed by atoms with Crippen molar-refractivity contribution < 1.29 is 20.9 Å². The smallest absolute Gasteiger partial charge is 0.870 e. The fourth-order valence-electron chi connectivity index (χ4n) is 1.23. The Morgan fingerprint density at radius 2 is 1.33 bits per heavy atom. The van der Waals surface area contributed by atoms with Gasteiger partial charge in [-0.05, 0) is 12.8 Å². The van der Waals surface area contributed by atoms with Crippen molar-refractivity contribution >= 4 is 23.3 Å². The van der Waals surface area contributed by atoms with Gasteiger partial charge in [-0.3, -0.25) is 0 Å². The molecule has 0 bridgehead atoms.